The summed E-state index contributed by atoms with van der Waals surface area (Å²) in [6.45, 7) is 1.43. The molecule has 1 aliphatic rings. The number of para-hydroxylation sites is 2. The first-order valence-electron chi connectivity index (χ1n) is 11.1. The zero-order chi connectivity index (χ0) is 22.5. The van der Waals surface area contributed by atoms with E-state index in [1.807, 2.05) is 82.5 Å². The van der Waals surface area contributed by atoms with Gasteiger partial charge in [0.2, 0.25) is 5.91 Å². The van der Waals surface area contributed by atoms with Crippen LogP contribution in [0.15, 0.2) is 97.5 Å². The van der Waals surface area contributed by atoms with Gasteiger partial charge in [0.15, 0.2) is 0 Å². The number of carbonyl (C=O) groups is 1. The SMILES string of the molecule is O=C(/C=C/c1cn(-c2ccccc2)nc1-c1cccnc1)N1CCC(Nc2ccccc2)C1. The fourth-order valence-electron chi connectivity index (χ4n) is 4.06. The van der Waals surface area contributed by atoms with Crippen LogP contribution in [0.4, 0.5) is 5.69 Å². The lowest BCUT2D eigenvalue weighted by molar-refractivity contribution is -0.124. The van der Waals surface area contributed by atoms with E-state index in [-0.39, 0.29) is 11.9 Å². The van der Waals surface area contributed by atoms with Crippen molar-refractivity contribution in [2.45, 2.75) is 12.5 Å². The third kappa shape index (κ3) is 4.85. The Labute approximate surface area is 193 Å². The smallest absolute Gasteiger partial charge is 0.246 e. The number of rotatable bonds is 6. The number of carbonyl (C=O) groups excluding carboxylic acids is 1. The summed E-state index contributed by atoms with van der Waals surface area (Å²) >= 11 is 0. The molecular weight excluding hydrogens is 410 g/mol. The van der Waals surface area contributed by atoms with E-state index in [2.05, 4.69) is 22.4 Å². The molecule has 0 spiro atoms. The lowest BCUT2D eigenvalue weighted by Crippen LogP contribution is -2.30. The summed E-state index contributed by atoms with van der Waals surface area (Å²) in [5.41, 5.74) is 4.62. The molecule has 1 atom stereocenters. The van der Waals surface area contributed by atoms with Crippen LogP contribution in [0, 0.1) is 0 Å². The van der Waals surface area contributed by atoms with Gasteiger partial charge in [-0.25, -0.2) is 4.68 Å². The van der Waals surface area contributed by atoms with Crippen LogP contribution in [0.2, 0.25) is 0 Å². The first-order chi connectivity index (χ1) is 16.3. The molecular formula is C27H25N5O. The van der Waals surface area contributed by atoms with Crippen LogP contribution in [0.5, 0.6) is 0 Å². The van der Waals surface area contributed by atoms with Crippen molar-refractivity contribution in [3.8, 4) is 16.9 Å². The summed E-state index contributed by atoms with van der Waals surface area (Å²) in [6.07, 6.45) is 9.92. The minimum Gasteiger partial charge on any atom is -0.380 e. The van der Waals surface area contributed by atoms with E-state index in [0.717, 1.165) is 41.2 Å². The fourth-order valence-corrected chi connectivity index (χ4v) is 4.06. The maximum absolute atomic E-state index is 12.9. The summed E-state index contributed by atoms with van der Waals surface area (Å²) < 4.78 is 1.84. The van der Waals surface area contributed by atoms with Crippen LogP contribution in [0.25, 0.3) is 23.0 Å². The minimum absolute atomic E-state index is 0.0111. The molecule has 164 valence electrons. The highest BCUT2D eigenvalue weighted by atomic mass is 16.2. The molecule has 1 aliphatic heterocycles. The number of anilines is 1. The third-order valence-electron chi connectivity index (χ3n) is 5.75. The van der Waals surface area contributed by atoms with Gasteiger partial charge in [-0.3, -0.25) is 9.78 Å². The van der Waals surface area contributed by atoms with Gasteiger partial charge in [-0.15, -0.1) is 0 Å². The van der Waals surface area contributed by atoms with E-state index in [1.165, 1.54) is 0 Å². The second kappa shape index (κ2) is 9.53. The lowest BCUT2D eigenvalue weighted by Gasteiger charge is -2.16. The van der Waals surface area contributed by atoms with Gasteiger partial charge < -0.3 is 10.2 Å². The van der Waals surface area contributed by atoms with Gasteiger partial charge in [-0.2, -0.15) is 5.10 Å². The molecule has 2 aromatic heterocycles. The molecule has 0 aliphatic carbocycles. The molecule has 0 bridgehead atoms. The molecule has 5 rings (SSSR count). The molecule has 6 nitrogen and oxygen atoms in total. The highest BCUT2D eigenvalue weighted by molar-refractivity contribution is 5.93. The molecule has 33 heavy (non-hydrogen) atoms. The molecule has 0 saturated carbocycles. The van der Waals surface area contributed by atoms with Crippen LogP contribution in [-0.4, -0.2) is 44.7 Å². The molecule has 2 aromatic carbocycles. The standard InChI is InChI=1S/C27H25N5O/c33-26(31-17-15-24(20-31)29-23-9-3-1-4-10-23)14-13-22-19-32(25-11-5-2-6-12-25)30-27(22)21-8-7-16-28-18-21/h1-14,16,18-19,24,29H,15,17,20H2/b14-13+. The van der Waals surface area contributed by atoms with Gasteiger partial charge in [0.05, 0.1) is 5.69 Å². The second-order valence-corrected chi connectivity index (χ2v) is 8.07. The number of benzene rings is 2. The van der Waals surface area contributed by atoms with Crippen LogP contribution in [-0.2, 0) is 4.79 Å². The predicted octanol–water partition coefficient (Wildman–Crippen LogP) is 4.66. The van der Waals surface area contributed by atoms with Crippen LogP contribution in [0.1, 0.15) is 12.0 Å². The van der Waals surface area contributed by atoms with Crippen molar-refractivity contribution in [3.63, 3.8) is 0 Å². The second-order valence-electron chi connectivity index (χ2n) is 8.07. The number of nitrogens with zero attached hydrogens (tertiary/aromatic N) is 4. The van der Waals surface area contributed by atoms with Crippen LogP contribution >= 0.6 is 0 Å². The first kappa shape index (κ1) is 20.7. The van der Waals surface area contributed by atoms with Crippen molar-refractivity contribution in [1.82, 2.24) is 19.7 Å². The minimum atomic E-state index is 0.0111. The maximum atomic E-state index is 12.9. The molecule has 1 N–H and O–H groups in total. The first-order valence-corrected chi connectivity index (χ1v) is 11.1. The number of aromatic nitrogens is 3. The maximum Gasteiger partial charge on any atom is 0.246 e. The molecule has 3 heterocycles. The Morgan fingerprint density at radius 2 is 1.79 bits per heavy atom. The average molecular weight is 436 g/mol. The van der Waals surface area contributed by atoms with Crippen molar-refractivity contribution in [2.75, 3.05) is 18.4 Å². The number of pyridine rings is 1. The molecule has 6 heteroatoms. The van der Waals surface area contributed by atoms with Crippen LogP contribution < -0.4 is 5.32 Å². The van der Waals surface area contributed by atoms with E-state index in [1.54, 1.807) is 18.5 Å². The monoisotopic (exact) mass is 435 g/mol. The summed E-state index contributed by atoms with van der Waals surface area (Å²) in [4.78, 5) is 19.0. The Balaban J connectivity index is 1.33. The third-order valence-corrected chi connectivity index (χ3v) is 5.75. The van der Waals surface area contributed by atoms with Crippen LogP contribution in [0.3, 0.4) is 0 Å². The van der Waals surface area contributed by atoms with Gasteiger partial charge >= 0.3 is 0 Å². The highest BCUT2D eigenvalue weighted by Gasteiger charge is 2.25. The van der Waals surface area contributed by atoms with Crippen molar-refractivity contribution in [3.05, 3.63) is 103 Å². The van der Waals surface area contributed by atoms with E-state index in [0.29, 0.717) is 6.54 Å². The van der Waals surface area contributed by atoms with E-state index < -0.39 is 0 Å². The number of nitrogens with one attached hydrogen (secondary N) is 1. The Morgan fingerprint density at radius 3 is 2.55 bits per heavy atom. The zero-order valence-electron chi connectivity index (χ0n) is 18.2. The van der Waals surface area contributed by atoms with Gasteiger partial charge in [-0.1, -0.05) is 36.4 Å². The average Bonchev–Trinajstić information content (AvgIpc) is 3.52. The van der Waals surface area contributed by atoms with Gasteiger partial charge in [0.25, 0.3) is 0 Å². The van der Waals surface area contributed by atoms with Gasteiger partial charge in [0.1, 0.15) is 5.69 Å². The Kier molecular flexibility index (Phi) is 5.97. The van der Waals surface area contributed by atoms with Gasteiger partial charge in [0, 0.05) is 60.6 Å². The van der Waals surface area contributed by atoms with Crippen molar-refractivity contribution in [1.29, 1.82) is 0 Å². The predicted molar refractivity (Wildman–Crippen MR) is 131 cm³/mol. The molecule has 1 fully saturated rings. The van der Waals surface area contributed by atoms with E-state index >= 15 is 0 Å². The Hall–Kier alpha value is -4.19. The number of hydrogen-bond acceptors (Lipinski definition) is 4. The summed E-state index contributed by atoms with van der Waals surface area (Å²) in [5.74, 6) is 0.0111. The van der Waals surface area contributed by atoms with Gasteiger partial charge in [-0.05, 0) is 48.9 Å². The molecule has 1 amide bonds. The Bertz CT molecular complexity index is 1240. The topological polar surface area (TPSA) is 63.1 Å². The van der Waals surface area contributed by atoms with E-state index in [4.69, 9.17) is 5.10 Å². The van der Waals surface area contributed by atoms with E-state index in [9.17, 15) is 4.79 Å². The normalized spacial score (nSPS) is 15.8. The molecule has 0 radical (unpaired) electrons. The van der Waals surface area contributed by atoms with Crippen molar-refractivity contribution < 1.29 is 4.79 Å². The summed E-state index contributed by atoms with van der Waals surface area (Å²) in [6, 6.07) is 24.2. The fraction of sp³-hybridized carbons (Fsp3) is 0.148. The quantitative estimate of drug-likeness (QED) is 0.448. The molecule has 4 aromatic rings. The summed E-state index contributed by atoms with van der Waals surface area (Å²) in [7, 11) is 0. The summed E-state index contributed by atoms with van der Waals surface area (Å²) in [5, 5.41) is 8.29. The Morgan fingerprint density at radius 1 is 1.00 bits per heavy atom. The number of hydrogen-bond donors (Lipinski definition) is 1. The number of likely N-dealkylation sites (tertiary alicyclic amines) is 1. The van der Waals surface area contributed by atoms with Crippen molar-refractivity contribution >= 4 is 17.7 Å². The lowest BCUT2D eigenvalue weighted by atomic mass is 10.1. The number of amides is 1. The largest absolute Gasteiger partial charge is 0.380 e. The zero-order valence-corrected chi connectivity index (χ0v) is 18.2. The highest BCUT2D eigenvalue weighted by Crippen LogP contribution is 2.24. The van der Waals surface area contributed by atoms with Crippen molar-refractivity contribution in [2.24, 2.45) is 0 Å². The molecule has 1 unspecified atom stereocenters. The molecule has 1 saturated heterocycles.